The molecular weight excluding hydrogens is 288 g/mol. The first kappa shape index (κ1) is 14.9. The molecule has 0 aromatic heterocycles. The molecule has 0 aliphatic heterocycles. The summed E-state index contributed by atoms with van der Waals surface area (Å²) in [7, 11) is 0. The van der Waals surface area contributed by atoms with Crippen LogP contribution in [-0.4, -0.2) is 5.97 Å². The maximum absolute atomic E-state index is 11.5. The van der Waals surface area contributed by atoms with Crippen molar-refractivity contribution in [3.05, 3.63) is 78.9 Å². The normalized spacial score (nSPS) is 10.3. The maximum atomic E-state index is 11.5. The van der Waals surface area contributed by atoms with Gasteiger partial charge in [-0.2, -0.15) is 0 Å². The van der Waals surface area contributed by atoms with Crippen LogP contribution in [0.4, 0.5) is 0 Å². The molecule has 3 rings (SSSR count). The minimum absolute atomic E-state index is 0.483. The van der Waals surface area contributed by atoms with Gasteiger partial charge in [-0.15, -0.1) is 0 Å². The Morgan fingerprint density at radius 1 is 0.957 bits per heavy atom. The van der Waals surface area contributed by atoms with Crippen molar-refractivity contribution in [2.24, 2.45) is 0 Å². The number of para-hydroxylation sites is 1. The molecule has 114 valence electrons. The molecule has 0 aliphatic carbocycles. The Balaban J connectivity index is 2.09. The van der Waals surface area contributed by atoms with Gasteiger partial charge >= 0.3 is 5.97 Å². The average molecular weight is 304 g/mol. The summed E-state index contributed by atoms with van der Waals surface area (Å²) in [6.07, 6.45) is 1.15. The fraction of sp³-hybridized carbons (Fsp3) is 0.0500. The minimum atomic E-state index is -0.483. The third-order valence-electron chi connectivity index (χ3n) is 3.44. The molecule has 0 amide bonds. The van der Waals surface area contributed by atoms with Crippen molar-refractivity contribution in [2.45, 2.75) is 6.92 Å². The Bertz CT molecular complexity index is 867. The molecular formula is C20H16O3. The lowest BCUT2D eigenvalue weighted by Gasteiger charge is -2.12. The zero-order chi connectivity index (χ0) is 16.2. The number of hydrogen-bond acceptors (Lipinski definition) is 3. The van der Waals surface area contributed by atoms with Gasteiger partial charge in [-0.25, -0.2) is 4.79 Å². The monoisotopic (exact) mass is 304 g/mol. The Hall–Kier alpha value is -3.07. The van der Waals surface area contributed by atoms with Gasteiger partial charge in [0.2, 0.25) is 0 Å². The summed E-state index contributed by atoms with van der Waals surface area (Å²) in [6, 6.07) is 19.0. The summed E-state index contributed by atoms with van der Waals surface area (Å²) in [5, 5.41) is 1.71. The van der Waals surface area contributed by atoms with Crippen LogP contribution in [0, 0.1) is 6.92 Å². The van der Waals surface area contributed by atoms with Crippen molar-refractivity contribution in [2.75, 3.05) is 0 Å². The first-order valence-corrected chi connectivity index (χ1v) is 7.28. The predicted molar refractivity (Wildman–Crippen MR) is 91.0 cm³/mol. The highest BCUT2D eigenvalue weighted by molar-refractivity contribution is 5.96. The van der Waals surface area contributed by atoms with Gasteiger partial charge in [-0.05, 0) is 37.3 Å². The van der Waals surface area contributed by atoms with E-state index >= 15 is 0 Å². The Kier molecular flexibility index (Phi) is 4.11. The highest BCUT2D eigenvalue weighted by Gasteiger charge is 2.11. The first-order chi connectivity index (χ1) is 11.2. The quantitative estimate of drug-likeness (QED) is 0.385. The van der Waals surface area contributed by atoms with Gasteiger partial charge in [0.1, 0.15) is 17.2 Å². The van der Waals surface area contributed by atoms with E-state index in [1.165, 1.54) is 0 Å². The van der Waals surface area contributed by atoms with Crippen molar-refractivity contribution in [3.63, 3.8) is 0 Å². The summed E-state index contributed by atoms with van der Waals surface area (Å²) in [4.78, 5) is 11.5. The second kappa shape index (κ2) is 6.36. The number of carbonyl (C=O) groups excluding carboxylic acids is 1. The van der Waals surface area contributed by atoms with E-state index in [9.17, 15) is 4.79 Å². The topological polar surface area (TPSA) is 35.5 Å². The van der Waals surface area contributed by atoms with E-state index in [1.807, 2.05) is 55.5 Å². The van der Waals surface area contributed by atoms with E-state index in [2.05, 4.69) is 6.58 Å². The van der Waals surface area contributed by atoms with E-state index < -0.39 is 5.97 Å². The molecule has 3 heteroatoms. The number of esters is 1. The molecule has 0 unspecified atom stereocenters. The van der Waals surface area contributed by atoms with Crippen molar-refractivity contribution >= 4 is 16.7 Å². The second-order valence-corrected chi connectivity index (χ2v) is 5.15. The molecule has 0 bridgehead atoms. The smallest absolute Gasteiger partial charge is 0.335 e. The van der Waals surface area contributed by atoms with Gasteiger partial charge in [-0.1, -0.05) is 42.5 Å². The molecule has 0 spiro atoms. The second-order valence-electron chi connectivity index (χ2n) is 5.15. The number of fused-ring (bicyclic) bond motifs is 1. The fourth-order valence-corrected chi connectivity index (χ4v) is 2.35. The number of benzene rings is 3. The average Bonchev–Trinajstić information content (AvgIpc) is 2.57. The van der Waals surface area contributed by atoms with E-state index in [0.29, 0.717) is 11.5 Å². The van der Waals surface area contributed by atoms with Crippen LogP contribution in [-0.2, 0) is 4.79 Å². The molecule has 0 atom stereocenters. The van der Waals surface area contributed by atoms with Crippen LogP contribution in [0.5, 0.6) is 17.2 Å². The minimum Gasteiger partial charge on any atom is -0.457 e. The highest BCUT2D eigenvalue weighted by Crippen LogP contribution is 2.36. The first-order valence-electron chi connectivity index (χ1n) is 7.28. The standard InChI is InChI=1S/C20H16O3/c1-3-20(21)23-18-11-12-19(22-15-7-5-4-6-8-15)17-13-14(2)9-10-16(17)18/h3-13H,1H2,2H3. The third kappa shape index (κ3) is 3.24. The summed E-state index contributed by atoms with van der Waals surface area (Å²) >= 11 is 0. The Morgan fingerprint density at radius 2 is 1.70 bits per heavy atom. The molecule has 0 N–H and O–H groups in total. The SMILES string of the molecule is C=CC(=O)Oc1ccc(Oc2ccccc2)c2cc(C)ccc12. The van der Waals surface area contributed by atoms with Crippen molar-refractivity contribution < 1.29 is 14.3 Å². The number of rotatable bonds is 4. The van der Waals surface area contributed by atoms with E-state index in [4.69, 9.17) is 9.47 Å². The molecule has 0 saturated carbocycles. The summed E-state index contributed by atoms with van der Waals surface area (Å²) in [6.45, 7) is 5.43. The lowest BCUT2D eigenvalue weighted by molar-refractivity contribution is -0.128. The van der Waals surface area contributed by atoms with Crippen LogP contribution in [0.1, 0.15) is 5.56 Å². The number of ether oxygens (including phenoxy) is 2. The van der Waals surface area contributed by atoms with Gasteiger partial charge in [0.15, 0.2) is 0 Å². The highest BCUT2D eigenvalue weighted by atomic mass is 16.5. The summed E-state index contributed by atoms with van der Waals surface area (Å²) in [5.74, 6) is 1.48. The lowest BCUT2D eigenvalue weighted by Crippen LogP contribution is -2.03. The zero-order valence-corrected chi connectivity index (χ0v) is 12.8. The molecule has 0 radical (unpaired) electrons. The number of aryl methyl sites for hydroxylation is 1. The largest absolute Gasteiger partial charge is 0.457 e. The predicted octanol–water partition coefficient (Wildman–Crippen LogP) is 5.03. The molecule has 0 heterocycles. The van der Waals surface area contributed by atoms with Gasteiger partial charge in [0, 0.05) is 16.8 Å². The van der Waals surface area contributed by atoms with Crippen LogP contribution in [0.25, 0.3) is 10.8 Å². The van der Waals surface area contributed by atoms with Gasteiger partial charge < -0.3 is 9.47 Å². The lowest BCUT2D eigenvalue weighted by atomic mass is 10.1. The van der Waals surface area contributed by atoms with Crippen LogP contribution in [0.3, 0.4) is 0 Å². The molecule has 3 aromatic rings. The molecule has 3 aromatic carbocycles. The van der Waals surface area contributed by atoms with E-state index in [0.717, 1.165) is 28.2 Å². The maximum Gasteiger partial charge on any atom is 0.335 e. The molecule has 3 nitrogen and oxygen atoms in total. The van der Waals surface area contributed by atoms with Gasteiger partial charge in [0.25, 0.3) is 0 Å². The molecule has 0 fully saturated rings. The van der Waals surface area contributed by atoms with Crippen LogP contribution in [0.15, 0.2) is 73.3 Å². The molecule has 0 saturated heterocycles. The third-order valence-corrected chi connectivity index (χ3v) is 3.44. The van der Waals surface area contributed by atoms with Gasteiger partial charge in [-0.3, -0.25) is 0 Å². The van der Waals surface area contributed by atoms with Crippen LogP contribution >= 0.6 is 0 Å². The Labute approximate surface area is 134 Å². The van der Waals surface area contributed by atoms with Crippen molar-refractivity contribution in [1.29, 1.82) is 0 Å². The Morgan fingerprint density at radius 3 is 2.43 bits per heavy atom. The summed E-state index contributed by atoms with van der Waals surface area (Å²) in [5.41, 5.74) is 1.10. The van der Waals surface area contributed by atoms with Gasteiger partial charge in [0.05, 0.1) is 0 Å². The van der Waals surface area contributed by atoms with E-state index in [-0.39, 0.29) is 0 Å². The molecule has 23 heavy (non-hydrogen) atoms. The van der Waals surface area contributed by atoms with Crippen molar-refractivity contribution in [1.82, 2.24) is 0 Å². The van der Waals surface area contributed by atoms with E-state index in [1.54, 1.807) is 12.1 Å². The number of hydrogen-bond donors (Lipinski definition) is 0. The number of carbonyl (C=O) groups is 1. The fourth-order valence-electron chi connectivity index (χ4n) is 2.35. The molecule has 0 aliphatic rings. The van der Waals surface area contributed by atoms with Crippen LogP contribution < -0.4 is 9.47 Å². The zero-order valence-electron chi connectivity index (χ0n) is 12.8. The van der Waals surface area contributed by atoms with Crippen LogP contribution in [0.2, 0.25) is 0 Å². The summed E-state index contributed by atoms with van der Waals surface area (Å²) < 4.78 is 11.3. The van der Waals surface area contributed by atoms with Crippen molar-refractivity contribution in [3.8, 4) is 17.2 Å².